The predicted molar refractivity (Wildman–Crippen MR) is 146 cm³/mol. The van der Waals surface area contributed by atoms with Crippen molar-refractivity contribution in [2.24, 2.45) is 0 Å². The third-order valence-electron chi connectivity index (χ3n) is 6.05. The Balaban J connectivity index is 1.39. The summed E-state index contributed by atoms with van der Waals surface area (Å²) in [6.07, 6.45) is 6.96. The average Bonchev–Trinajstić information content (AvgIpc) is 3.55. The summed E-state index contributed by atoms with van der Waals surface area (Å²) in [5.41, 5.74) is 6.84. The number of H-pyrrole nitrogens is 2. The predicted octanol–water partition coefficient (Wildman–Crippen LogP) is 4.43. The Morgan fingerprint density at radius 2 is 2.00 bits per heavy atom. The fourth-order valence-electron chi connectivity index (χ4n) is 4.15. The highest BCUT2D eigenvalue weighted by Crippen LogP contribution is 2.28. The van der Waals surface area contributed by atoms with Crippen LogP contribution in [-0.2, 0) is 5.75 Å². The first-order valence-corrected chi connectivity index (χ1v) is 12.9. The van der Waals surface area contributed by atoms with E-state index in [2.05, 4.69) is 51.5 Å². The molecule has 5 rings (SSSR count). The second-order valence-corrected chi connectivity index (χ2v) is 9.86. The fourth-order valence-corrected chi connectivity index (χ4v) is 5.17. The molecule has 0 radical (unpaired) electrons. The number of hydrogen-bond acceptors (Lipinski definition) is 6. The van der Waals surface area contributed by atoms with Crippen molar-refractivity contribution in [2.75, 3.05) is 17.7 Å². The molecule has 0 spiro atoms. The number of aliphatic hydroxyl groups is 1. The second kappa shape index (κ2) is 10.4. The summed E-state index contributed by atoms with van der Waals surface area (Å²) in [6, 6.07) is 14.1. The molecular formula is C27H28N6O2S. The molecule has 3 heterocycles. The van der Waals surface area contributed by atoms with Gasteiger partial charge in [-0.15, -0.1) is 0 Å². The van der Waals surface area contributed by atoms with Gasteiger partial charge >= 0.3 is 0 Å². The van der Waals surface area contributed by atoms with Crippen molar-refractivity contribution in [1.29, 1.82) is 0 Å². The minimum atomic E-state index is -0.254. The number of aliphatic hydroxyl groups excluding tert-OH is 1. The lowest BCUT2D eigenvalue weighted by Gasteiger charge is -2.19. The number of benzene rings is 2. The van der Waals surface area contributed by atoms with E-state index in [-0.39, 0.29) is 18.2 Å². The lowest BCUT2D eigenvalue weighted by Crippen LogP contribution is -2.28. The van der Waals surface area contributed by atoms with Gasteiger partial charge in [0.2, 0.25) is 0 Å². The van der Waals surface area contributed by atoms with Gasteiger partial charge in [-0.25, -0.2) is 9.97 Å². The Kier molecular flexibility index (Phi) is 6.92. The average molecular weight is 501 g/mol. The van der Waals surface area contributed by atoms with Crippen LogP contribution in [0, 0.1) is 13.8 Å². The quantitative estimate of drug-likeness (QED) is 0.238. The highest BCUT2D eigenvalue weighted by atomic mass is 32.2. The van der Waals surface area contributed by atoms with Gasteiger partial charge < -0.3 is 25.0 Å². The first kappa shape index (κ1) is 23.9. The molecule has 0 aliphatic rings. The van der Waals surface area contributed by atoms with Crippen molar-refractivity contribution in [1.82, 2.24) is 24.5 Å². The monoisotopic (exact) mass is 500 g/mol. The van der Waals surface area contributed by atoms with Crippen LogP contribution in [0.2, 0.25) is 0 Å². The molecule has 0 saturated heterocycles. The van der Waals surface area contributed by atoms with Gasteiger partial charge in [0.15, 0.2) is 0 Å². The van der Waals surface area contributed by atoms with Gasteiger partial charge in [0.1, 0.15) is 11.4 Å². The first-order chi connectivity index (χ1) is 17.5. The van der Waals surface area contributed by atoms with Gasteiger partial charge in [0.05, 0.1) is 35.7 Å². The summed E-state index contributed by atoms with van der Waals surface area (Å²) in [7, 11) is 0. The number of imidazole rings is 2. The molecule has 0 bridgehead atoms. The molecule has 0 amide bonds. The number of thioether (sulfide) groups is 1. The summed E-state index contributed by atoms with van der Waals surface area (Å²) in [5.74, 6) is 2.01. The van der Waals surface area contributed by atoms with Gasteiger partial charge in [-0.05, 0) is 43.2 Å². The van der Waals surface area contributed by atoms with Crippen LogP contribution in [0.4, 0.5) is 5.69 Å². The Hall–Kier alpha value is -3.82. The van der Waals surface area contributed by atoms with Gasteiger partial charge in [-0.3, -0.25) is 4.79 Å². The van der Waals surface area contributed by atoms with Crippen molar-refractivity contribution in [2.45, 2.75) is 25.6 Å². The van der Waals surface area contributed by atoms with E-state index >= 15 is 0 Å². The van der Waals surface area contributed by atoms with Gasteiger partial charge in [-0.2, -0.15) is 11.8 Å². The zero-order chi connectivity index (χ0) is 25.1. The highest BCUT2D eigenvalue weighted by Gasteiger charge is 2.18. The van der Waals surface area contributed by atoms with E-state index in [1.165, 1.54) is 11.1 Å². The molecule has 0 saturated carbocycles. The maximum Gasteiger partial charge on any atom is 0.261 e. The normalized spacial score (nSPS) is 12.2. The number of nitrogens with zero attached hydrogens (tertiary/aromatic N) is 3. The lowest BCUT2D eigenvalue weighted by atomic mass is 10.2. The standard InChI is InChI=1S/C27H28N6O2S/c1-17-3-5-19(6-4-17)14-36-15-20(13-34)30-22-7-8-29-27(35)24(22)26-31-23-12-21(33-10-9-28-16-33)11-18(2)25(23)32-26/h3-12,16,20,34H,13-15H2,1-2H3,(H,31,32)(H2,29,30,35)/t20-/m0/s1. The Morgan fingerprint density at radius 1 is 1.17 bits per heavy atom. The molecular weight excluding hydrogens is 472 g/mol. The molecule has 9 heteroatoms. The van der Waals surface area contributed by atoms with E-state index in [0.717, 1.165) is 28.0 Å². The molecule has 4 N–H and O–H groups in total. The molecule has 0 unspecified atom stereocenters. The molecule has 0 fully saturated rings. The maximum atomic E-state index is 12.9. The summed E-state index contributed by atoms with van der Waals surface area (Å²) < 4.78 is 1.93. The molecule has 184 valence electrons. The molecule has 0 aliphatic carbocycles. The molecule has 8 nitrogen and oxygen atoms in total. The molecule has 0 aliphatic heterocycles. The third kappa shape index (κ3) is 5.07. The van der Waals surface area contributed by atoms with E-state index in [1.807, 2.05) is 29.8 Å². The van der Waals surface area contributed by atoms with Crippen LogP contribution in [0.3, 0.4) is 0 Å². The number of rotatable bonds is 9. The van der Waals surface area contributed by atoms with Crippen molar-refractivity contribution < 1.29 is 5.11 Å². The Labute approximate surface area is 212 Å². The summed E-state index contributed by atoms with van der Waals surface area (Å²) in [4.78, 5) is 27.9. The van der Waals surface area contributed by atoms with Crippen LogP contribution in [0.15, 0.2) is 72.2 Å². The van der Waals surface area contributed by atoms with Crippen LogP contribution < -0.4 is 10.9 Å². The number of aromatic nitrogens is 5. The van der Waals surface area contributed by atoms with Crippen LogP contribution >= 0.6 is 11.8 Å². The Bertz CT molecular complexity index is 1520. The van der Waals surface area contributed by atoms with E-state index in [9.17, 15) is 9.90 Å². The number of aryl methyl sites for hydroxylation is 2. The van der Waals surface area contributed by atoms with Crippen molar-refractivity contribution in [3.63, 3.8) is 0 Å². The highest BCUT2D eigenvalue weighted by molar-refractivity contribution is 7.98. The van der Waals surface area contributed by atoms with Gasteiger partial charge in [-0.1, -0.05) is 29.8 Å². The fraction of sp³-hybridized carbons (Fsp3) is 0.222. The number of anilines is 1. The first-order valence-electron chi connectivity index (χ1n) is 11.7. The minimum absolute atomic E-state index is 0.0549. The topological polar surface area (TPSA) is 112 Å². The molecule has 36 heavy (non-hydrogen) atoms. The molecule has 3 aromatic heterocycles. The molecule has 2 aromatic carbocycles. The molecule has 1 atom stereocenters. The number of hydrogen-bond donors (Lipinski definition) is 4. The SMILES string of the molecule is Cc1ccc(CSC[C@H](CO)Nc2cc[nH]c(=O)c2-c2nc3c(C)cc(-n4ccnc4)cc3[nH]2)cc1. The number of pyridine rings is 1. The van der Waals surface area contributed by atoms with Crippen LogP contribution in [-0.4, -0.2) is 48.0 Å². The van der Waals surface area contributed by atoms with E-state index in [1.54, 1.807) is 36.5 Å². The summed E-state index contributed by atoms with van der Waals surface area (Å²) in [6.45, 7) is 4.01. The van der Waals surface area contributed by atoms with Crippen LogP contribution in [0.25, 0.3) is 28.1 Å². The smallest absolute Gasteiger partial charge is 0.261 e. The number of nitrogens with one attached hydrogen (secondary N) is 3. The van der Waals surface area contributed by atoms with Crippen molar-refractivity contribution in [3.8, 4) is 17.1 Å². The van der Waals surface area contributed by atoms with Crippen molar-refractivity contribution in [3.05, 3.63) is 94.4 Å². The lowest BCUT2D eigenvalue weighted by molar-refractivity contribution is 0.283. The Morgan fingerprint density at radius 3 is 2.75 bits per heavy atom. The van der Waals surface area contributed by atoms with Gasteiger partial charge in [0, 0.05) is 35.8 Å². The largest absolute Gasteiger partial charge is 0.394 e. The third-order valence-corrected chi connectivity index (χ3v) is 7.23. The summed E-state index contributed by atoms with van der Waals surface area (Å²) in [5, 5.41) is 13.4. The second-order valence-electron chi connectivity index (χ2n) is 8.83. The summed E-state index contributed by atoms with van der Waals surface area (Å²) >= 11 is 1.74. The van der Waals surface area contributed by atoms with E-state index in [4.69, 9.17) is 4.98 Å². The molecule has 5 aromatic rings. The van der Waals surface area contributed by atoms with Gasteiger partial charge in [0.25, 0.3) is 5.56 Å². The van der Waals surface area contributed by atoms with E-state index < -0.39 is 0 Å². The maximum absolute atomic E-state index is 12.9. The number of fused-ring (bicyclic) bond motifs is 1. The van der Waals surface area contributed by atoms with Crippen LogP contribution in [0.5, 0.6) is 0 Å². The van der Waals surface area contributed by atoms with E-state index in [0.29, 0.717) is 22.8 Å². The zero-order valence-electron chi connectivity index (χ0n) is 20.2. The number of aromatic amines is 2. The zero-order valence-corrected chi connectivity index (χ0v) is 21.0. The van der Waals surface area contributed by atoms with Crippen molar-refractivity contribution >= 4 is 28.5 Å². The van der Waals surface area contributed by atoms with Crippen LogP contribution in [0.1, 0.15) is 16.7 Å². The minimum Gasteiger partial charge on any atom is -0.394 e.